The van der Waals surface area contributed by atoms with E-state index in [1.54, 1.807) is 11.3 Å². The Morgan fingerprint density at radius 3 is 2.80 bits per heavy atom. The van der Waals surface area contributed by atoms with Crippen molar-refractivity contribution >= 4 is 39.8 Å². The van der Waals surface area contributed by atoms with Gasteiger partial charge in [-0.25, -0.2) is 0 Å². The van der Waals surface area contributed by atoms with Crippen LogP contribution in [0.5, 0.6) is 0 Å². The van der Waals surface area contributed by atoms with Gasteiger partial charge < -0.3 is 5.32 Å². The van der Waals surface area contributed by atoms with Gasteiger partial charge >= 0.3 is 0 Å². The molecule has 0 saturated heterocycles. The minimum Gasteiger partial charge on any atom is -0.349 e. The molecule has 1 saturated carbocycles. The molecule has 0 spiro atoms. The third-order valence-corrected chi connectivity index (χ3v) is 7.13. The van der Waals surface area contributed by atoms with Gasteiger partial charge in [0, 0.05) is 6.04 Å². The third-order valence-electron chi connectivity index (χ3n) is 5.32. The van der Waals surface area contributed by atoms with E-state index in [0.717, 1.165) is 34.3 Å². The van der Waals surface area contributed by atoms with Crippen LogP contribution in [-0.4, -0.2) is 26.4 Å². The Balaban J connectivity index is 1.28. The highest BCUT2D eigenvalue weighted by Gasteiger charge is 2.30. The van der Waals surface area contributed by atoms with Gasteiger partial charge in [-0.05, 0) is 47.5 Å². The molecule has 2 aromatic heterocycles. The van der Waals surface area contributed by atoms with Gasteiger partial charge in [0.05, 0.1) is 16.7 Å². The van der Waals surface area contributed by atoms with Crippen LogP contribution in [0, 0.1) is 0 Å². The monoisotopic (exact) mass is 434 g/mol. The molecule has 1 atom stereocenters. The number of carbonyl (C=O) groups excluding carboxylic acids is 1. The van der Waals surface area contributed by atoms with Crippen molar-refractivity contribution in [2.24, 2.45) is 0 Å². The number of aromatic nitrogens is 3. The van der Waals surface area contributed by atoms with E-state index >= 15 is 0 Å². The van der Waals surface area contributed by atoms with E-state index in [4.69, 9.17) is 0 Å². The highest BCUT2D eigenvalue weighted by Crippen LogP contribution is 2.41. The van der Waals surface area contributed by atoms with Crippen LogP contribution in [0.15, 0.2) is 65.1 Å². The zero-order valence-corrected chi connectivity index (χ0v) is 18.2. The van der Waals surface area contributed by atoms with E-state index in [1.165, 1.54) is 22.5 Å². The first-order valence-electron chi connectivity index (χ1n) is 10.1. The summed E-state index contributed by atoms with van der Waals surface area (Å²) in [6.07, 6.45) is 2.29. The molecule has 0 bridgehead atoms. The lowest BCUT2D eigenvalue weighted by atomic mass is 10.00. The van der Waals surface area contributed by atoms with Crippen molar-refractivity contribution in [2.45, 2.75) is 37.0 Å². The maximum Gasteiger partial charge on any atom is 0.230 e. The number of thiophene rings is 1. The number of amides is 1. The number of hydrogen-bond acceptors (Lipinski definition) is 5. The fourth-order valence-electron chi connectivity index (χ4n) is 3.73. The van der Waals surface area contributed by atoms with Gasteiger partial charge in [0.2, 0.25) is 5.91 Å². The molecule has 1 fully saturated rings. The van der Waals surface area contributed by atoms with Crippen molar-refractivity contribution in [2.75, 3.05) is 5.75 Å². The van der Waals surface area contributed by atoms with E-state index < -0.39 is 0 Å². The zero-order valence-electron chi connectivity index (χ0n) is 16.6. The van der Waals surface area contributed by atoms with Crippen LogP contribution < -0.4 is 5.32 Å². The number of nitrogens with zero attached hydrogens (tertiary/aromatic N) is 3. The molecule has 0 aliphatic heterocycles. The second-order valence-corrected chi connectivity index (χ2v) is 9.42. The van der Waals surface area contributed by atoms with Gasteiger partial charge in [0.15, 0.2) is 11.0 Å². The molecule has 7 heteroatoms. The number of rotatable bonds is 7. The fraction of sp³-hybridized carbons (Fsp3) is 0.261. The van der Waals surface area contributed by atoms with E-state index in [2.05, 4.69) is 55.8 Å². The van der Waals surface area contributed by atoms with Crippen LogP contribution >= 0.6 is 23.1 Å². The number of nitrogens with one attached hydrogen (secondary N) is 1. The molecule has 152 valence electrons. The molecule has 0 radical (unpaired) electrons. The molecule has 2 aromatic carbocycles. The largest absolute Gasteiger partial charge is 0.349 e. The number of carbonyl (C=O) groups is 1. The van der Waals surface area contributed by atoms with Crippen molar-refractivity contribution in [3.63, 3.8) is 0 Å². The first-order valence-corrected chi connectivity index (χ1v) is 12.0. The molecular formula is C23H22N4OS2. The summed E-state index contributed by atoms with van der Waals surface area (Å²) in [5.41, 5.74) is 1.13. The molecule has 2 heterocycles. The average Bonchev–Trinajstić information content (AvgIpc) is 3.28. The van der Waals surface area contributed by atoms with Crippen molar-refractivity contribution in [1.29, 1.82) is 0 Å². The summed E-state index contributed by atoms with van der Waals surface area (Å²) >= 11 is 3.13. The molecule has 1 N–H and O–H groups in total. The van der Waals surface area contributed by atoms with Crippen LogP contribution in [0.25, 0.3) is 21.5 Å². The van der Waals surface area contributed by atoms with Crippen molar-refractivity contribution in [3.05, 3.63) is 65.5 Å². The van der Waals surface area contributed by atoms with Crippen molar-refractivity contribution in [3.8, 4) is 10.7 Å². The molecule has 5 rings (SSSR count). The minimum atomic E-state index is -0.0628. The molecule has 1 unspecified atom stereocenters. The van der Waals surface area contributed by atoms with Gasteiger partial charge in [0.1, 0.15) is 0 Å². The highest BCUT2D eigenvalue weighted by atomic mass is 32.2. The Bertz CT molecular complexity index is 1180. The Labute approximate surface area is 183 Å². The summed E-state index contributed by atoms with van der Waals surface area (Å²) in [6.45, 7) is 2.03. The van der Waals surface area contributed by atoms with Crippen molar-refractivity contribution < 1.29 is 4.79 Å². The maximum absolute atomic E-state index is 12.7. The molecule has 1 amide bonds. The standard InChI is InChI=1S/C23H22N4OS2/c1-15(18-9-4-7-16-6-2-3-8-19(16)18)24-21(28)14-30-23-26-25-22(20-10-5-13-29-20)27(23)17-11-12-17/h2-10,13,15,17H,11-12,14H2,1H3,(H,24,28). The van der Waals surface area contributed by atoms with Crippen LogP contribution in [0.1, 0.15) is 37.4 Å². The predicted octanol–water partition coefficient (Wildman–Crippen LogP) is 5.46. The fourth-order valence-corrected chi connectivity index (χ4v) is 5.25. The second kappa shape index (κ2) is 8.24. The maximum atomic E-state index is 12.7. The second-order valence-electron chi connectivity index (χ2n) is 7.53. The normalized spacial score (nSPS) is 14.7. The minimum absolute atomic E-state index is 0.00320. The first-order chi connectivity index (χ1) is 14.7. The summed E-state index contributed by atoms with van der Waals surface area (Å²) in [5.74, 6) is 1.24. The van der Waals surface area contributed by atoms with Crippen LogP contribution in [0.4, 0.5) is 0 Å². The number of thioether (sulfide) groups is 1. The Morgan fingerprint density at radius 1 is 1.17 bits per heavy atom. The summed E-state index contributed by atoms with van der Waals surface area (Å²) < 4.78 is 2.21. The lowest BCUT2D eigenvalue weighted by molar-refractivity contribution is -0.119. The number of fused-ring (bicyclic) bond motifs is 1. The quantitative estimate of drug-likeness (QED) is 0.392. The Kier molecular flexibility index (Phi) is 5.31. The molecule has 5 nitrogen and oxygen atoms in total. The Morgan fingerprint density at radius 2 is 2.00 bits per heavy atom. The average molecular weight is 435 g/mol. The van der Waals surface area contributed by atoms with Gasteiger partial charge in [-0.1, -0.05) is 60.3 Å². The van der Waals surface area contributed by atoms with E-state index in [1.807, 2.05) is 31.2 Å². The van der Waals surface area contributed by atoms with Gasteiger partial charge in [-0.15, -0.1) is 21.5 Å². The Hall–Kier alpha value is -2.64. The topological polar surface area (TPSA) is 59.8 Å². The SMILES string of the molecule is CC(NC(=O)CSc1nnc(-c2cccs2)n1C1CC1)c1cccc2ccccc12. The molecule has 30 heavy (non-hydrogen) atoms. The summed E-state index contributed by atoms with van der Waals surface area (Å²) in [7, 11) is 0. The van der Waals surface area contributed by atoms with Crippen LogP contribution in [0.2, 0.25) is 0 Å². The van der Waals surface area contributed by atoms with E-state index in [-0.39, 0.29) is 11.9 Å². The summed E-state index contributed by atoms with van der Waals surface area (Å²) in [5, 5.41) is 17.2. The van der Waals surface area contributed by atoms with E-state index in [9.17, 15) is 4.79 Å². The van der Waals surface area contributed by atoms with E-state index in [0.29, 0.717) is 11.8 Å². The number of benzene rings is 2. The first kappa shape index (κ1) is 19.3. The molecule has 1 aliphatic rings. The van der Waals surface area contributed by atoms with Crippen molar-refractivity contribution in [1.82, 2.24) is 20.1 Å². The number of hydrogen-bond donors (Lipinski definition) is 1. The summed E-state index contributed by atoms with van der Waals surface area (Å²) in [6, 6.07) is 19.0. The lowest BCUT2D eigenvalue weighted by Gasteiger charge is -2.16. The molecule has 1 aliphatic carbocycles. The molecular weight excluding hydrogens is 412 g/mol. The van der Waals surface area contributed by atoms with Gasteiger partial charge in [-0.3, -0.25) is 9.36 Å². The predicted molar refractivity (Wildman–Crippen MR) is 123 cm³/mol. The lowest BCUT2D eigenvalue weighted by Crippen LogP contribution is -2.28. The molecule has 4 aromatic rings. The van der Waals surface area contributed by atoms with Crippen LogP contribution in [0.3, 0.4) is 0 Å². The highest BCUT2D eigenvalue weighted by molar-refractivity contribution is 7.99. The van der Waals surface area contributed by atoms with Gasteiger partial charge in [-0.2, -0.15) is 0 Å². The van der Waals surface area contributed by atoms with Gasteiger partial charge in [0.25, 0.3) is 0 Å². The van der Waals surface area contributed by atoms with Crippen LogP contribution in [-0.2, 0) is 4.79 Å². The smallest absolute Gasteiger partial charge is 0.230 e. The zero-order chi connectivity index (χ0) is 20.5. The third kappa shape index (κ3) is 3.87. The summed E-state index contributed by atoms with van der Waals surface area (Å²) in [4.78, 5) is 13.8.